The van der Waals surface area contributed by atoms with Crippen molar-refractivity contribution in [2.45, 2.75) is 58.0 Å². The fourth-order valence-electron chi connectivity index (χ4n) is 4.15. The van der Waals surface area contributed by atoms with Gasteiger partial charge in [-0.3, -0.25) is 9.79 Å². The molecule has 1 aliphatic heterocycles. The molecule has 6 nitrogen and oxygen atoms in total. The van der Waals surface area contributed by atoms with Crippen LogP contribution >= 0.6 is 24.0 Å². The number of hydrogen-bond acceptors (Lipinski definition) is 3. The topological polar surface area (TPSA) is 66.0 Å². The Morgan fingerprint density at radius 2 is 1.77 bits per heavy atom. The molecule has 1 saturated heterocycles. The maximum atomic E-state index is 12.3. The minimum Gasteiger partial charge on any atom is -0.490 e. The van der Waals surface area contributed by atoms with Crippen LogP contribution in [-0.2, 0) is 4.79 Å². The van der Waals surface area contributed by atoms with Crippen molar-refractivity contribution in [2.24, 2.45) is 10.9 Å². The smallest absolute Gasteiger partial charge is 0.223 e. The van der Waals surface area contributed by atoms with E-state index in [2.05, 4.69) is 22.5 Å². The highest BCUT2D eigenvalue weighted by atomic mass is 127. The fourth-order valence-corrected chi connectivity index (χ4v) is 4.15. The molecule has 168 valence electrons. The van der Waals surface area contributed by atoms with Crippen LogP contribution in [-0.4, -0.2) is 55.6 Å². The van der Waals surface area contributed by atoms with Crippen molar-refractivity contribution >= 4 is 35.8 Å². The standard InChI is InChI=1S/C23H36N4O2.HI/c1-2-24-23(26-16-15-25-22(28)19-9-5-3-6-10-19)27-17-13-21(14-18-27)29-20-11-7-4-8-12-20;/h4,7-8,11-12,19,21H,2-3,5-6,9-10,13-18H2,1H3,(H,24,26)(H,25,28);1H. The van der Waals surface area contributed by atoms with Crippen molar-refractivity contribution in [1.82, 2.24) is 15.5 Å². The average Bonchev–Trinajstić information content (AvgIpc) is 2.78. The van der Waals surface area contributed by atoms with Gasteiger partial charge in [0.05, 0.1) is 6.54 Å². The van der Waals surface area contributed by atoms with Gasteiger partial charge in [-0.15, -0.1) is 24.0 Å². The molecular formula is C23H37IN4O2. The van der Waals surface area contributed by atoms with Crippen LogP contribution < -0.4 is 15.4 Å². The van der Waals surface area contributed by atoms with E-state index < -0.39 is 0 Å². The Morgan fingerprint density at radius 3 is 2.43 bits per heavy atom. The van der Waals surface area contributed by atoms with E-state index in [0.29, 0.717) is 13.1 Å². The number of nitrogens with zero attached hydrogens (tertiary/aromatic N) is 2. The second-order valence-electron chi connectivity index (χ2n) is 7.98. The molecule has 1 amide bonds. The normalized spacial score (nSPS) is 18.4. The fraction of sp³-hybridized carbons (Fsp3) is 0.652. The third-order valence-corrected chi connectivity index (χ3v) is 5.77. The van der Waals surface area contributed by atoms with Crippen LogP contribution in [0.5, 0.6) is 5.75 Å². The van der Waals surface area contributed by atoms with Crippen LogP contribution in [0, 0.1) is 5.92 Å². The number of amides is 1. The van der Waals surface area contributed by atoms with E-state index in [1.165, 1.54) is 19.3 Å². The summed E-state index contributed by atoms with van der Waals surface area (Å²) in [6.45, 7) is 6.01. The molecule has 1 saturated carbocycles. The first-order valence-electron chi connectivity index (χ1n) is 11.3. The van der Waals surface area contributed by atoms with Gasteiger partial charge in [0.2, 0.25) is 5.91 Å². The maximum absolute atomic E-state index is 12.3. The number of likely N-dealkylation sites (tertiary alicyclic amines) is 1. The van der Waals surface area contributed by atoms with Crippen molar-refractivity contribution in [3.8, 4) is 5.75 Å². The Bertz CT molecular complexity index is 642. The van der Waals surface area contributed by atoms with Gasteiger partial charge in [0.15, 0.2) is 5.96 Å². The van der Waals surface area contributed by atoms with Crippen molar-refractivity contribution in [1.29, 1.82) is 0 Å². The lowest BCUT2D eigenvalue weighted by atomic mass is 9.89. The number of hydrogen-bond donors (Lipinski definition) is 2. The molecule has 2 fully saturated rings. The molecule has 1 aliphatic carbocycles. The second-order valence-corrected chi connectivity index (χ2v) is 7.98. The number of piperidine rings is 1. The van der Waals surface area contributed by atoms with Crippen LogP contribution in [0.1, 0.15) is 51.9 Å². The molecule has 1 heterocycles. The lowest BCUT2D eigenvalue weighted by Crippen LogP contribution is -2.47. The molecule has 0 unspecified atom stereocenters. The van der Waals surface area contributed by atoms with E-state index >= 15 is 0 Å². The average molecular weight is 528 g/mol. The Morgan fingerprint density at radius 1 is 1.07 bits per heavy atom. The number of rotatable bonds is 7. The van der Waals surface area contributed by atoms with Gasteiger partial charge in [-0.1, -0.05) is 37.5 Å². The first-order valence-corrected chi connectivity index (χ1v) is 11.3. The lowest BCUT2D eigenvalue weighted by Gasteiger charge is -2.34. The zero-order valence-electron chi connectivity index (χ0n) is 18.1. The number of nitrogens with one attached hydrogen (secondary N) is 2. The summed E-state index contributed by atoms with van der Waals surface area (Å²) in [5.41, 5.74) is 0. The number of carbonyl (C=O) groups excluding carboxylic acids is 1. The zero-order chi connectivity index (χ0) is 20.3. The van der Waals surface area contributed by atoms with Crippen molar-refractivity contribution in [2.75, 3.05) is 32.7 Å². The van der Waals surface area contributed by atoms with Gasteiger partial charge >= 0.3 is 0 Å². The minimum atomic E-state index is 0. The van der Waals surface area contributed by atoms with Crippen LogP contribution in [0.25, 0.3) is 0 Å². The Balaban J connectivity index is 0.00000320. The number of halogens is 1. The number of carbonyl (C=O) groups is 1. The summed E-state index contributed by atoms with van der Waals surface area (Å²) >= 11 is 0. The number of benzene rings is 1. The summed E-state index contributed by atoms with van der Waals surface area (Å²) in [5.74, 6) is 2.31. The zero-order valence-corrected chi connectivity index (χ0v) is 20.5. The number of aliphatic imine (C=N–C) groups is 1. The van der Waals surface area contributed by atoms with Crippen LogP contribution in [0.15, 0.2) is 35.3 Å². The Hall–Kier alpha value is -1.51. The largest absolute Gasteiger partial charge is 0.490 e. The number of guanidine groups is 1. The van der Waals surface area contributed by atoms with E-state index in [-0.39, 0.29) is 41.9 Å². The van der Waals surface area contributed by atoms with Gasteiger partial charge in [-0.2, -0.15) is 0 Å². The second kappa shape index (κ2) is 13.7. The number of ether oxygens (including phenoxy) is 1. The first kappa shape index (κ1) is 24.8. The number of para-hydroxylation sites is 1. The van der Waals surface area contributed by atoms with Gasteiger partial charge in [-0.25, -0.2) is 0 Å². The summed E-state index contributed by atoms with van der Waals surface area (Å²) in [4.78, 5) is 19.3. The molecular weight excluding hydrogens is 491 g/mol. The molecule has 0 bridgehead atoms. The van der Waals surface area contributed by atoms with E-state index in [1.807, 2.05) is 30.3 Å². The van der Waals surface area contributed by atoms with E-state index in [1.54, 1.807) is 0 Å². The molecule has 3 rings (SSSR count). The quantitative estimate of drug-likeness (QED) is 0.245. The SMILES string of the molecule is CCNC(=NCCNC(=O)C1CCCCC1)N1CCC(Oc2ccccc2)CC1.I. The molecule has 30 heavy (non-hydrogen) atoms. The maximum Gasteiger partial charge on any atom is 0.223 e. The highest BCUT2D eigenvalue weighted by Crippen LogP contribution is 2.23. The van der Waals surface area contributed by atoms with Crippen molar-refractivity contribution in [3.63, 3.8) is 0 Å². The van der Waals surface area contributed by atoms with E-state index in [4.69, 9.17) is 9.73 Å². The van der Waals surface area contributed by atoms with Crippen molar-refractivity contribution in [3.05, 3.63) is 30.3 Å². The van der Waals surface area contributed by atoms with Gasteiger partial charge in [0, 0.05) is 44.9 Å². The summed E-state index contributed by atoms with van der Waals surface area (Å²) in [6.07, 6.45) is 7.94. The molecule has 0 spiro atoms. The molecule has 1 aromatic rings. The van der Waals surface area contributed by atoms with Crippen LogP contribution in [0.2, 0.25) is 0 Å². The third-order valence-electron chi connectivity index (χ3n) is 5.77. The van der Waals surface area contributed by atoms with E-state index in [0.717, 1.165) is 57.0 Å². The lowest BCUT2D eigenvalue weighted by molar-refractivity contribution is -0.125. The van der Waals surface area contributed by atoms with Crippen LogP contribution in [0.4, 0.5) is 0 Å². The molecule has 1 aromatic carbocycles. The predicted octanol–water partition coefficient (Wildman–Crippen LogP) is 3.81. The molecule has 2 aliphatic rings. The first-order chi connectivity index (χ1) is 14.3. The molecule has 2 N–H and O–H groups in total. The summed E-state index contributed by atoms with van der Waals surface area (Å²) < 4.78 is 6.09. The Kier molecular flexibility index (Phi) is 11.3. The van der Waals surface area contributed by atoms with Gasteiger partial charge in [0.25, 0.3) is 0 Å². The van der Waals surface area contributed by atoms with Gasteiger partial charge in [-0.05, 0) is 31.9 Å². The molecule has 0 atom stereocenters. The molecule has 7 heteroatoms. The predicted molar refractivity (Wildman–Crippen MR) is 133 cm³/mol. The van der Waals surface area contributed by atoms with Crippen molar-refractivity contribution < 1.29 is 9.53 Å². The summed E-state index contributed by atoms with van der Waals surface area (Å²) in [6, 6.07) is 10.0. The summed E-state index contributed by atoms with van der Waals surface area (Å²) in [7, 11) is 0. The summed E-state index contributed by atoms with van der Waals surface area (Å²) in [5, 5.41) is 6.47. The molecule has 0 radical (unpaired) electrons. The van der Waals surface area contributed by atoms with Crippen LogP contribution in [0.3, 0.4) is 0 Å². The highest BCUT2D eigenvalue weighted by molar-refractivity contribution is 14.0. The van der Waals surface area contributed by atoms with Gasteiger partial charge in [0.1, 0.15) is 11.9 Å². The third kappa shape index (κ3) is 7.96. The Labute approximate surface area is 198 Å². The molecule has 0 aromatic heterocycles. The van der Waals surface area contributed by atoms with Gasteiger partial charge < -0.3 is 20.3 Å². The monoisotopic (exact) mass is 528 g/mol. The highest BCUT2D eigenvalue weighted by Gasteiger charge is 2.23. The minimum absolute atomic E-state index is 0. The van der Waals surface area contributed by atoms with E-state index in [9.17, 15) is 4.79 Å².